The lowest BCUT2D eigenvalue weighted by atomic mass is 9.82. The number of rotatable bonds is 5. The van der Waals surface area contributed by atoms with Crippen LogP contribution in [0.2, 0.25) is 0 Å². The Balaban J connectivity index is 2.80. The van der Waals surface area contributed by atoms with Crippen molar-refractivity contribution >= 4 is 0 Å². The second kappa shape index (κ2) is 6.62. The highest BCUT2D eigenvalue weighted by Gasteiger charge is 2.19. The van der Waals surface area contributed by atoms with E-state index in [9.17, 15) is 5.11 Å². The first kappa shape index (κ1) is 17.0. The maximum absolute atomic E-state index is 10.5. The van der Waals surface area contributed by atoms with Gasteiger partial charge in [-0.3, -0.25) is 0 Å². The monoisotopic (exact) mass is 278 g/mol. The molecule has 0 aliphatic rings. The average Bonchev–Trinajstić information content (AvgIpc) is 2.25. The van der Waals surface area contributed by atoms with E-state index in [4.69, 9.17) is 4.74 Å². The van der Waals surface area contributed by atoms with E-state index in [1.54, 1.807) is 7.11 Å². The lowest BCUT2D eigenvalue weighted by Crippen LogP contribution is -2.14. The number of hydrogen-bond acceptors (Lipinski definition) is 2. The predicted octanol–water partition coefficient (Wildman–Crippen LogP) is 4.81. The number of aryl methyl sites for hydroxylation is 2. The van der Waals surface area contributed by atoms with Crippen molar-refractivity contribution < 1.29 is 9.84 Å². The highest BCUT2D eigenvalue weighted by molar-refractivity contribution is 5.43. The van der Waals surface area contributed by atoms with Crippen LogP contribution in [-0.4, -0.2) is 12.2 Å². The SMILES string of the molecule is COc1c(C)cc(C(O)CC(C)CC(C)(C)C)cc1C. The Hall–Kier alpha value is -1.02. The molecule has 0 bridgehead atoms. The van der Waals surface area contributed by atoms with Gasteiger partial charge in [0.1, 0.15) is 5.75 Å². The fourth-order valence-electron chi connectivity index (χ4n) is 3.14. The summed E-state index contributed by atoms with van der Waals surface area (Å²) in [6.45, 7) is 13.0. The Labute approximate surface area is 124 Å². The Kier molecular flexibility index (Phi) is 5.64. The molecule has 0 saturated heterocycles. The van der Waals surface area contributed by atoms with Crippen LogP contribution in [0.5, 0.6) is 5.75 Å². The van der Waals surface area contributed by atoms with Gasteiger partial charge in [-0.1, -0.05) is 27.7 Å². The highest BCUT2D eigenvalue weighted by Crippen LogP contribution is 2.33. The van der Waals surface area contributed by atoms with E-state index in [1.807, 2.05) is 26.0 Å². The Bertz CT molecular complexity index is 420. The van der Waals surface area contributed by atoms with Crippen molar-refractivity contribution in [3.05, 3.63) is 28.8 Å². The van der Waals surface area contributed by atoms with Crippen molar-refractivity contribution in [1.29, 1.82) is 0 Å². The van der Waals surface area contributed by atoms with E-state index in [2.05, 4.69) is 27.7 Å². The lowest BCUT2D eigenvalue weighted by molar-refractivity contribution is 0.134. The van der Waals surface area contributed by atoms with Gasteiger partial charge < -0.3 is 9.84 Å². The van der Waals surface area contributed by atoms with Gasteiger partial charge in [-0.05, 0) is 66.8 Å². The Morgan fingerprint density at radius 2 is 1.65 bits per heavy atom. The van der Waals surface area contributed by atoms with Crippen LogP contribution in [0.4, 0.5) is 0 Å². The quantitative estimate of drug-likeness (QED) is 0.837. The number of aliphatic hydroxyl groups is 1. The number of aliphatic hydroxyl groups excluding tert-OH is 1. The number of benzene rings is 1. The zero-order valence-corrected chi connectivity index (χ0v) is 14.1. The normalized spacial score (nSPS) is 15.0. The van der Waals surface area contributed by atoms with Crippen LogP contribution in [-0.2, 0) is 0 Å². The lowest BCUT2D eigenvalue weighted by Gasteiger charge is -2.25. The summed E-state index contributed by atoms with van der Waals surface area (Å²) in [6, 6.07) is 4.08. The first-order chi connectivity index (χ1) is 9.14. The van der Waals surface area contributed by atoms with Gasteiger partial charge in [0, 0.05) is 0 Å². The molecule has 0 heterocycles. The first-order valence-electron chi connectivity index (χ1n) is 7.47. The van der Waals surface area contributed by atoms with Gasteiger partial charge in [0.2, 0.25) is 0 Å². The molecule has 0 aromatic heterocycles. The highest BCUT2D eigenvalue weighted by atomic mass is 16.5. The first-order valence-corrected chi connectivity index (χ1v) is 7.47. The molecule has 0 amide bonds. The van der Waals surface area contributed by atoms with E-state index in [1.165, 1.54) is 0 Å². The van der Waals surface area contributed by atoms with Crippen LogP contribution in [0, 0.1) is 25.2 Å². The molecule has 0 aliphatic carbocycles. The number of methoxy groups -OCH3 is 1. The second-order valence-corrected chi connectivity index (χ2v) is 7.31. The smallest absolute Gasteiger partial charge is 0.124 e. The fraction of sp³-hybridized carbons (Fsp3) is 0.667. The van der Waals surface area contributed by atoms with E-state index >= 15 is 0 Å². The molecule has 2 unspecified atom stereocenters. The molecule has 2 nitrogen and oxygen atoms in total. The zero-order chi connectivity index (χ0) is 15.5. The van der Waals surface area contributed by atoms with Crippen molar-refractivity contribution in [1.82, 2.24) is 0 Å². The molecule has 1 N–H and O–H groups in total. The number of ether oxygens (including phenoxy) is 1. The molecule has 0 fully saturated rings. The van der Waals surface area contributed by atoms with Crippen LogP contribution in [0.15, 0.2) is 12.1 Å². The summed E-state index contributed by atoms with van der Waals surface area (Å²) < 4.78 is 5.38. The van der Waals surface area contributed by atoms with Gasteiger partial charge >= 0.3 is 0 Å². The van der Waals surface area contributed by atoms with Crippen molar-refractivity contribution in [2.75, 3.05) is 7.11 Å². The third-order valence-corrected chi connectivity index (χ3v) is 3.66. The van der Waals surface area contributed by atoms with Gasteiger partial charge in [-0.2, -0.15) is 0 Å². The van der Waals surface area contributed by atoms with Crippen molar-refractivity contribution in [2.24, 2.45) is 11.3 Å². The third kappa shape index (κ3) is 4.82. The van der Waals surface area contributed by atoms with Crippen molar-refractivity contribution in [3.63, 3.8) is 0 Å². The van der Waals surface area contributed by atoms with E-state index in [-0.39, 0.29) is 0 Å². The topological polar surface area (TPSA) is 29.5 Å². The van der Waals surface area contributed by atoms with E-state index in [0.717, 1.165) is 35.3 Å². The van der Waals surface area contributed by atoms with Crippen LogP contribution < -0.4 is 4.74 Å². The molecule has 0 spiro atoms. The molecule has 1 aromatic carbocycles. The van der Waals surface area contributed by atoms with Gasteiger partial charge in [-0.25, -0.2) is 0 Å². The minimum Gasteiger partial charge on any atom is -0.496 e. The summed E-state index contributed by atoms with van der Waals surface area (Å²) in [5.74, 6) is 1.43. The van der Waals surface area contributed by atoms with Gasteiger partial charge in [0.15, 0.2) is 0 Å². The minimum atomic E-state index is -0.393. The largest absolute Gasteiger partial charge is 0.496 e. The van der Waals surface area contributed by atoms with E-state index < -0.39 is 6.10 Å². The molecule has 0 aliphatic heterocycles. The molecule has 1 rings (SSSR count). The summed E-state index contributed by atoms with van der Waals surface area (Å²) in [4.78, 5) is 0. The fourth-order valence-corrected chi connectivity index (χ4v) is 3.14. The second-order valence-electron chi connectivity index (χ2n) is 7.31. The molecular formula is C18H30O2. The molecule has 0 saturated carbocycles. The zero-order valence-electron chi connectivity index (χ0n) is 14.1. The maximum atomic E-state index is 10.5. The van der Waals surface area contributed by atoms with Crippen LogP contribution in [0.3, 0.4) is 0 Å². The van der Waals surface area contributed by atoms with Crippen molar-refractivity contribution in [3.8, 4) is 5.75 Å². The third-order valence-electron chi connectivity index (χ3n) is 3.66. The molecule has 1 aromatic rings. The summed E-state index contributed by atoms with van der Waals surface area (Å²) in [5.41, 5.74) is 3.49. The maximum Gasteiger partial charge on any atom is 0.124 e. The Morgan fingerprint density at radius 1 is 1.15 bits per heavy atom. The van der Waals surface area contributed by atoms with Gasteiger partial charge in [-0.15, -0.1) is 0 Å². The molecule has 20 heavy (non-hydrogen) atoms. The van der Waals surface area contributed by atoms with Gasteiger partial charge in [0.25, 0.3) is 0 Å². The number of hydrogen-bond donors (Lipinski definition) is 1. The minimum absolute atomic E-state index is 0.310. The summed E-state index contributed by atoms with van der Waals surface area (Å²) in [6.07, 6.45) is 1.54. The molecule has 0 radical (unpaired) electrons. The summed E-state index contributed by atoms with van der Waals surface area (Å²) in [7, 11) is 1.69. The Morgan fingerprint density at radius 3 is 2.05 bits per heavy atom. The molecular weight excluding hydrogens is 248 g/mol. The molecule has 114 valence electrons. The average molecular weight is 278 g/mol. The summed E-state index contributed by atoms with van der Waals surface area (Å²) >= 11 is 0. The van der Waals surface area contributed by atoms with Crippen LogP contribution in [0.1, 0.15) is 63.3 Å². The van der Waals surface area contributed by atoms with Crippen LogP contribution >= 0.6 is 0 Å². The van der Waals surface area contributed by atoms with Crippen molar-refractivity contribution in [2.45, 2.75) is 60.5 Å². The molecule has 2 heteroatoms. The molecule has 2 atom stereocenters. The van der Waals surface area contributed by atoms with E-state index in [0.29, 0.717) is 11.3 Å². The predicted molar refractivity (Wildman–Crippen MR) is 85.3 cm³/mol. The van der Waals surface area contributed by atoms with Crippen LogP contribution in [0.25, 0.3) is 0 Å². The van der Waals surface area contributed by atoms with Gasteiger partial charge in [0.05, 0.1) is 13.2 Å². The standard InChI is InChI=1S/C18H30O2/c1-12(11-18(4,5)6)8-16(19)15-9-13(2)17(20-7)14(3)10-15/h9-10,12,16,19H,8,11H2,1-7H3. The summed E-state index contributed by atoms with van der Waals surface area (Å²) in [5, 5.41) is 10.5.